The second-order valence-electron chi connectivity index (χ2n) is 7.54. The molecule has 0 aliphatic carbocycles. The number of aryl methyl sites for hydroxylation is 1. The van der Waals surface area contributed by atoms with Gasteiger partial charge in [-0.2, -0.15) is 0 Å². The third kappa shape index (κ3) is 4.21. The number of nitrogens with one attached hydrogen (secondary N) is 1. The molecule has 2 atom stereocenters. The maximum Gasteiger partial charge on any atom is 0.255 e. The fourth-order valence-electron chi connectivity index (χ4n) is 3.82. The van der Waals surface area contributed by atoms with E-state index in [0.717, 1.165) is 28.8 Å². The van der Waals surface area contributed by atoms with Crippen LogP contribution in [0.1, 0.15) is 36.2 Å². The first-order chi connectivity index (χ1) is 12.3. The second kappa shape index (κ2) is 7.70. The van der Waals surface area contributed by atoms with Crippen LogP contribution >= 0.6 is 15.9 Å². The van der Waals surface area contributed by atoms with Gasteiger partial charge in [0, 0.05) is 28.8 Å². The highest BCUT2D eigenvalue weighted by molar-refractivity contribution is 9.10. The van der Waals surface area contributed by atoms with Crippen molar-refractivity contribution < 1.29 is 4.79 Å². The third-order valence-corrected chi connectivity index (χ3v) is 5.46. The molecule has 0 radical (unpaired) electrons. The van der Waals surface area contributed by atoms with Crippen LogP contribution in [0.3, 0.4) is 0 Å². The molecule has 1 saturated heterocycles. The minimum absolute atomic E-state index is 0.153. The summed E-state index contributed by atoms with van der Waals surface area (Å²) >= 11 is 3.39. The van der Waals surface area contributed by atoms with Crippen molar-refractivity contribution in [2.24, 2.45) is 11.8 Å². The molecule has 1 aliphatic heterocycles. The Kier molecular flexibility index (Phi) is 5.56. The van der Waals surface area contributed by atoms with Gasteiger partial charge >= 0.3 is 0 Å². The Morgan fingerprint density at radius 1 is 1.15 bits per heavy atom. The van der Waals surface area contributed by atoms with Crippen LogP contribution in [0.2, 0.25) is 0 Å². The number of halogens is 1. The average Bonchev–Trinajstić information content (AvgIpc) is 2.57. The molecule has 3 rings (SSSR count). The van der Waals surface area contributed by atoms with Crippen molar-refractivity contribution in [3.05, 3.63) is 52.0 Å². The standard InChI is InChI=1S/C21H26BrN3O/c1-13-8-14(2)12-25(11-13)20-10-19(18(23)9-15(20)3)24-21(26)16-4-6-17(22)7-5-16/h4-7,9-10,13-14H,8,11-12,23H2,1-3H3,(H,24,26). The maximum absolute atomic E-state index is 12.6. The molecular formula is C21H26BrN3O. The van der Waals surface area contributed by atoms with Crippen LogP contribution in [0.4, 0.5) is 17.1 Å². The molecule has 0 aromatic heterocycles. The lowest BCUT2D eigenvalue weighted by Crippen LogP contribution is -2.39. The van der Waals surface area contributed by atoms with Crippen LogP contribution in [0.5, 0.6) is 0 Å². The minimum atomic E-state index is -0.153. The zero-order valence-electron chi connectivity index (χ0n) is 15.6. The van der Waals surface area contributed by atoms with E-state index in [4.69, 9.17) is 5.73 Å². The summed E-state index contributed by atoms with van der Waals surface area (Å²) in [6.07, 6.45) is 1.26. The molecule has 1 amide bonds. The molecule has 138 valence electrons. The van der Waals surface area contributed by atoms with Gasteiger partial charge in [-0.25, -0.2) is 0 Å². The predicted octanol–water partition coefficient (Wildman–Crippen LogP) is 5.07. The number of hydrogen-bond donors (Lipinski definition) is 2. The van der Waals surface area contributed by atoms with Crippen LogP contribution in [-0.4, -0.2) is 19.0 Å². The number of hydrogen-bond acceptors (Lipinski definition) is 3. The Bertz CT molecular complexity index is 794. The lowest BCUT2D eigenvalue weighted by Gasteiger charge is -2.37. The normalized spacial score (nSPS) is 20.1. The number of carbonyl (C=O) groups is 1. The maximum atomic E-state index is 12.6. The molecule has 3 N–H and O–H groups in total. The summed E-state index contributed by atoms with van der Waals surface area (Å²) in [5, 5.41) is 2.97. The largest absolute Gasteiger partial charge is 0.397 e. The van der Waals surface area contributed by atoms with Crippen LogP contribution in [0.25, 0.3) is 0 Å². The molecule has 1 fully saturated rings. The van der Waals surface area contributed by atoms with Crippen molar-refractivity contribution in [1.82, 2.24) is 0 Å². The minimum Gasteiger partial charge on any atom is -0.397 e. The monoisotopic (exact) mass is 415 g/mol. The first-order valence-electron chi connectivity index (χ1n) is 9.05. The fraction of sp³-hybridized carbons (Fsp3) is 0.381. The Morgan fingerprint density at radius 3 is 2.38 bits per heavy atom. The summed E-state index contributed by atoms with van der Waals surface area (Å²) < 4.78 is 0.944. The number of nitrogens with two attached hydrogens (primary N) is 1. The summed E-state index contributed by atoms with van der Waals surface area (Å²) in [5.41, 5.74) is 10.4. The Balaban J connectivity index is 1.86. The number of anilines is 3. The van der Waals surface area contributed by atoms with Crippen molar-refractivity contribution in [2.45, 2.75) is 27.2 Å². The molecule has 4 nitrogen and oxygen atoms in total. The van der Waals surface area contributed by atoms with Gasteiger partial charge in [-0.05, 0) is 67.1 Å². The first-order valence-corrected chi connectivity index (χ1v) is 9.84. The van der Waals surface area contributed by atoms with E-state index in [9.17, 15) is 4.79 Å². The zero-order chi connectivity index (χ0) is 18.8. The highest BCUT2D eigenvalue weighted by Gasteiger charge is 2.24. The lowest BCUT2D eigenvalue weighted by molar-refractivity contribution is 0.102. The summed E-state index contributed by atoms with van der Waals surface area (Å²) in [5.74, 6) is 1.17. The van der Waals surface area contributed by atoms with E-state index in [0.29, 0.717) is 28.8 Å². The van der Waals surface area contributed by atoms with E-state index in [1.165, 1.54) is 6.42 Å². The van der Waals surface area contributed by atoms with Gasteiger partial charge in [-0.15, -0.1) is 0 Å². The average molecular weight is 416 g/mol. The molecule has 2 aromatic carbocycles. The third-order valence-electron chi connectivity index (χ3n) is 4.93. The van der Waals surface area contributed by atoms with Crippen LogP contribution in [0, 0.1) is 18.8 Å². The molecular weight excluding hydrogens is 390 g/mol. The number of amides is 1. The number of rotatable bonds is 3. The fourth-order valence-corrected chi connectivity index (χ4v) is 4.09. The van der Waals surface area contributed by atoms with Gasteiger partial charge in [-0.3, -0.25) is 4.79 Å². The molecule has 0 spiro atoms. The molecule has 0 saturated carbocycles. The summed E-state index contributed by atoms with van der Waals surface area (Å²) in [4.78, 5) is 15.0. The molecule has 0 bridgehead atoms. The van der Waals surface area contributed by atoms with Crippen molar-refractivity contribution in [3.8, 4) is 0 Å². The molecule has 1 aliphatic rings. The van der Waals surface area contributed by atoms with E-state index >= 15 is 0 Å². The lowest BCUT2D eigenvalue weighted by atomic mass is 9.91. The highest BCUT2D eigenvalue weighted by Crippen LogP contribution is 2.33. The quantitative estimate of drug-likeness (QED) is 0.687. The van der Waals surface area contributed by atoms with E-state index in [2.05, 4.69) is 46.9 Å². The number of carbonyl (C=O) groups excluding carboxylic acids is 1. The number of piperidine rings is 1. The van der Waals surface area contributed by atoms with Gasteiger partial charge in [0.1, 0.15) is 0 Å². The van der Waals surface area contributed by atoms with E-state index in [1.54, 1.807) is 12.1 Å². The van der Waals surface area contributed by atoms with Gasteiger partial charge < -0.3 is 16.0 Å². The van der Waals surface area contributed by atoms with Crippen molar-refractivity contribution >= 4 is 38.9 Å². The number of nitrogen functional groups attached to an aromatic ring is 1. The van der Waals surface area contributed by atoms with Gasteiger partial charge in [0.15, 0.2) is 0 Å². The number of nitrogens with zero attached hydrogens (tertiary/aromatic N) is 1. The van der Waals surface area contributed by atoms with Gasteiger partial charge in [0.05, 0.1) is 11.4 Å². The van der Waals surface area contributed by atoms with E-state index < -0.39 is 0 Å². The summed E-state index contributed by atoms with van der Waals surface area (Å²) in [7, 11) is 0. The summed E-state index contributed by atoms with van der Waals surface area (Å²) in [6, 6.07) is 11.3. The molecule has 2 aromatic rings. The molecule has 5 heteroatoms. The van der Waals surface area contributed by atoms with E-state index in [1.807, 2.05) is 24.3 Å². The van der Waals surface area contributed by atoms with Gasteiger partial charge in [0.25, 0.3) is 5.91 Å². The Hall–Kier alpha value is -2.01. The van der Waals surface area contributed by atoms with Crippen molar-refractivity contribution in [1.29, 1.82) is 0 Å². The topological polar surface area (TPSA) is 58.4 Å². The second-order valence-corrected chi connectivity index (χ2v) is 8.45. The Labute approximate surface area is 163 Å². The van der Waals surface area contributed by atoms with E-state index in [-0.39, 0.29) is 5.91 Å². The van der Waals surface area contributed by atoms with Crippen LogP contribution in [-0.2, 0) is 0 Å². The molecule has 1 heterocycles. The van der Waals surface area contributed by atoms with Crippen molar-refractivity contribution in [3.63, 3.8) is 0 Å². The van der Waals surface area contributed by atoms with Gasteiger partial charge in [0.2, 0.25) is 0 Å². The molecule has 2 unspecified atom stereocenters. The highest BCUT2D eigenvalue weighted by atomic mass is 79.9. The SMILES string of the molecule is Cc1cc(N)c(NC(=O)c2ccc(Br)cc2)cc1N1CC(C)CC(C)C1. The molecule has 26 heavy (non-hydrogen) atoms. The zero-order valence-corrected chi connectivity index (χ0v) is 17.1. The van der Waals surface area contributed by atoms with Gasteiger partial charge in [-0.1, -0.05) is 29.8 Å². The van der Waals surface area contributed by atoms with Crippen LogP contribution in [0.15, 0.2) is 40.9 Å². The number of benzene rings is 2. The predicted molar refractivity (Wildman–Crippen MR) is 113 cm³/mol. The van der Waals surface area contributed by atoms with Crippen LogP contribution < -0.4 is 16.0 Å². The first kappa shape index (κ1) is 18.8. The van der Waals surface area contributed by atoms with Crippen molar-refractivity contribution in [2.75, 3.05) is 29.0 Å². The Morgan fingerprint density at radius 2 is 1.77 bits per heavy atom. The smallest absolute Gasteiger partial charge is 0.255 e. The summed E-state index contributed by atoms with van der Waals surface area (Å²) in [6.45, 7) is 8.75.